The van der Waals surface area contributed by atoms with Crippen LogP contribution in [0.1, 0.15) is 31.6 Å². The Hall–Kier alpha value is -1.62. The zero-order valence-corrected chi connectivity index (χ0v) is 10.0. The van der Waals surface area contributed by atoms with Gasteiger partial charge in [0.2, 0.25) is 0 Å². The van der Waals surface area contributed by atoms with E-state index in [0.717, 1.165) is 31.0 Å². The molecule has 2 aromatic rings. The van der Waals surface area contributed by atoms with Gasteiger partial charge in [-0.3, -0.25) is 9.30 Å². The van der Waals surface area contributed by atoms with Crippen LogP contribution in [0.25, 0.3) is 5.65 Å². The van der Waals surface area contributed by atoms with E-state index in [1.807, 2.05) is 22.7 Å². The molecule has 1 saturated heterocycles. The number of aromatic nitrogens is 3. The molecule has 3 heterocycles. The first-order valence-electron chi connectivity index (χ1n) is 6.14. The molecule has 3 rings (SSSR count). The Morgan fingerprint density at radius 2 is 2.35 bits per heavy atom. The van der Waals surface area contributed by atoms with Crippen molar-refractivity contribution in [2.45, 2.75) is 25.8 Å². The molecule has 1 fully saturated rings. The van der Waals surface area contributed by atoms with Gasteiger partial charge in [0.1, 0.15) is 0 Å². The second-order valence-electron chi connectivity index (χ2n) is 4.50. The maximum atomic E-state index is 5.90. The predicted molar refractivity (Wildman–Crippen MR) is 66.6 cm³/mol. The lowest BCUT2D eigenvalue weighted by molar-refractivity contribution is 0.261. The molecular weight excluding hydrogens is 214 g/mol. The molecule has 1 atom stereocenters. The minimum absolute atomic E-state index is 0.386. The van der Waals surface area contributed by atoms with Gasteiger partial charge < -0.3 is 5.73 Å². The number of hydrogen-bond acceptors (Lipinski definition) is 4. The van der Waals surface area contributed by atoms with Crippen LogP contribution in [-0.2, 0) is 0 Å². The molecule has 0 spiro atoms. The first-order valence-corrected chi connectivity index (χ1v) is 6.14. The summed E-state index contributed by atoms with van der Waals surface area (Å²) in [4.78, 5) is 2.44. The molecule has 5 heteroatoms. The van der Waals surface area contributed by atoms with Crippen LogP contribution in [0, 0.1) is 0 Å². The number of pyridine rings is 1. The second-order valence-corrected chi connectivity index (χ2v) is 4.50. The summed E-state index contributed by atoms with van der Waals surface area (Å²) < 4.78 is 2.02. The summed E-state index contributed by atoms with van der Waals surface area (Å²) in [5, 5.41) is 8.52. The highest BCUT2D eigenvalue weighted by Crippen LogP contribution is 2.30. The Kier molecular flexibility index (Phi) is 2.48. The maximum absolute atomic E-state index is 5.90. The van der Waals surface area contributed by atoms with Gasteiger partial charge in [0, 0.05) is 6.20 Å². The van der Waals surface area contributed by atoms with Gasteiger partial charge in [0.15, 0.2) is 11.5 Å². The van der Waals surface area contributed by atoms with Crippen molar-refractivity contribution >= 4 is 11.3 Å². The van der Waals surface area contributed by atoms with Gasteiger partial charge in [-0.25, -0.2) is 0 Å². The fourth-order valence-electron chi connectivity index (χ4n) is 2.68. The Morgan fingerprint density at radius 1 is 1.47 bits per heavy atom. The molecule has 17 heavy (non-hydrogen) atoms. The van der Waals surface area contributed by atoms with E-state index in [0.29, 0.717) is 11.7 Å². The van der Waals surface area contributed by atoms with Crippen molar-refractivity contribution < 1.29 is 0 Å². The van der Waals surface area contributed by atoms with E-state index in [4.69, 9.17) is 5.73 Å². The fourth-order valence-corrected chi connectivity index (χ4v) is 2.68. The Bertz CT molecular complexity index is 533. The predicted octanol–water partition coefficient (Wildman–Crippen LogP) is 1.47. The highest BCUT2D eigenvalue weighted by Gasteiger charge is 2.28. The maximum Gasteiger partial charge on any atom is 0.184 e. The van der Waals surface area contributed by atoms with Crippen molar-refractivity contribution in [2.75, 3.05) is 18.8 Å². The van der Waals surface area contributed by atoms with E-state index in [1.54, 1.807) is 0 Å². The van der Waals surface area contributed by atoms with Crippen LogP contribution in [0.5, 0.6) is 0 Å². The molecule has 1 aliphatic heterocycles. The molecule has 90 valence electrons. The number of fused-ring (bicyclic) bond motifs is 1. The van der Waals surface area contributed by atoms with E-state index >= 15 is 0 Å². The highest BCUT2D eigenvalue weighted by molar-refractivity contribution is 5.63. The van der Waals surface area contributed by atoms with Gasteiger partial charge in [-0.1, -0.05) is 6.92 Å². The first-order chi connectivity index (χ1) is 8.31. The lowest BCUT2D eigenvalue weighted by atomic mass is 10.2. The van der Waals surface area contributed by atoms with Crippen molar-refractivity contribution in [3.8, 4) is 0 Å². The smallest absolute Gasteiger partial charge is 0.184 e. The molecule has 1 unspecified atom stereocenters. The number of likely N-dealkylation sites (tertiary alicyclic amines) is 1. The normalized spacial score (nSPS) is 21.4. The molecule has 0 aromatic carbocycles. The van der Waals surface area contributed by atoms with Crippen LogP contribution in [0.15, 0.2) is 18.3 Å². The Morgan fingerprint density at radius 3 is 3.18 bits per heavy atom. The summed E-state index contributed by atoms with van der Waals surface area (Å²) in [6.07, 6.45) is 4.38. The summed E-state index contributed by atoms with van der Waals surface area (Å²) in [5.41, 5.74) is 7.35. The van der Waals surface area contributed by atoms with E-state index < -0.39 is 0 Å². The molecule has 0 radical (unpaired) electrons. The number of nitrogens with two attached hydrogens (primary N) is 1. The third-order valence-electron chi connectivity index (χ3n) is 3.56. The van der Waals surface area contributed by atoms with E-state index in [1.165, 1.54) is 6.42 Å². The highest BCUT2D eigenvalue weighted by atomic mass is 15.3. The molecular formula is C12H17N5. The standard InChI is InChI=1S/C12H17N5/c1-2-16-7-4-6-10(16)12-15-14-11-9(13)5-3-8-17(11)12/h3,5,8,10H,2,4,6-7,13H2,1H3. The van der Waals surface area contributed by atoms with Crippen molar-refractivity contribution in [2.24, 2.45) is 0 Å². The molecule has 0 aliphatic carbocycles. The van der Waals surface area contributed by atoms with Crippen molar-refractivity contribution in [3.05, 3.63) is 24.2 Å². The van der Waals surface area contributed by atoms with Crippen LogP contribution in [0.2, 0.25) is 0 Å². The number of nitrogens with zero attached hydrogens (tertiary/aromatic N) is 4. The SMILES string of the molecule is CCN1CCCC1c1nnc2c(N)cccn12. The fraction of sp³-hybridized carbons (Fsp3) is 0.500. The largest absolute Gasteiger partial charge is 0.396 e. The first kappa shape index (κ1) is 10.5. The second kappa shape index (κ2) is 4.00. The lowest BCUT2D eigenvalue weighted by Gasteiger charge is -2.20. The Balaban J connectivity index is 2.09. The molecule has 2 aromatic heterocycles. The van der Waals surface area contributed by atoms with E-state index in [2.05, 4.69) is 22.0 Å². The third kappa shape index (κ3) is 1.58. The molecule has 2 N–H and O–H groups in total. The van der Waals surface area contributed by atoms with Crippen LogP contribution in [0.4, 0.5) is 5.69 Å². The number of rotatable bonds is 2. The molecule has 0 saturated carbocycles. The number of anilines is 1. The van der Waals surface area contributed by atoms with Gasteiger partial charge in [0.25, 0.3) is 0 Å². The molecule has 0 bridgehead atoms. The minimum Gasteiger partial charge on any atom is -0.396 e. The quantitative estimate of drug-likeness (QED) is 0.850. The average Bonchev–Trinajstić information content (AvgIpc) is 2.94. The zero-order chi connectivity index (χ0) is 11.8. The summed E-state index contributed by atoms with van der Waals surface area (Å²) in [5.74, 6) is 1.02. The van der Waals surface area contributed by atoms with Gasteiger partial charge >= 0.3 is 0 Å². The summed E-state index contributed by atoms with van der Waals surface area (Å²) in [6.45, 7) is 4.40. The van der Waals surface area contributed by atoms with Crippen LogP contribution in [0.3, 0.4) is 0 Å². The topological polar surface area (TPSA) is 59.5 Å². The van der Waals surface area contributed by atoms with Gasteiger partial charge in [-0.05, 0) is 38.1 Å². The summed E-state index contributed by atoms with van der Waals surface area (Å²) in [7, 11) is 0. The van der Waals surface area contributed by atoms with Crippen LogP contribution >= 0.6 is 0 Å². The number of nitrogen functional groups attached to an aromatic ring is 1. The monoisotopic (exact) mass is 231 g/mol. The van der Waals surface area contributed by atoms with Crippen molar-refractivity contribution in [1.29, 1.82) is 0 Å². The van der Waals surface area contributed by atoms with E-state index in [-0.39, 0.29) is 0 Å². The van der Waals surface area contributed by atoms with Gasteiger partial charge in [-0.15, -0.1) is 10.2 Å². The minimum atomic E-state index is 0.386. The average molecular weight is 231 g/mol. The molecule has 5 nitrogen and oxygen atoms in total. The van der Waals surface area contributed by atoms with Crippen molar-refractivity contribution in [3.63, 3.8) is 0 Å². The Labute approximate surface area is 100 Å². The molecule has 1 aliphatic rings. The van der Waals surface area contributed by atoms with Crippen molar-refractivity contribution in [1.82, 2.24) is 19.5 Å². The van der Waals surface area contributed by atoms with Gasteiger partial charge in [-0.2, -0.15) is 0 Å². The summed E-state index contributed by atoms with van der Waals surface area (Å²) >= 11 is 0. The van der Waals surface area contributed by atoms with Crippen LogP contribution in [-0.4, -0.2) is 32.6 Å². The molecule has 0 amide bonds. The third-order valence-corrected chi connectivity index (χ3v) is 3.56. The summed E-state index contributed by atoms with van der Waals surface area (Å²) in [6, 6.07) is 4.19. The van der Waals surface area contributed by atoms with Crippen LogP contribution < -0.4 is 5.73 Å². The van der Waals surface area contributed by atoms with E-state index in [9.17, 15) is 0 Å². The lowest BCUT2D eigenvalue weighted by Crippen LogP contribution is -2.24. The number of hydrogen-bond donors (Lipinski definition) is 1. The van der Waals surface area contributed by atoms with Gasteiger partial charge in [0.05, 0.1) is 11.7 Å². The zero-order valence-electron chi connectivity index (χ0n) is 10.0.